The van der Waals surface area contributed by atoms with Crippen molar-refractivity contribution in [1.82, 2.24) is 15.0 Å². The second-order valence-corrected chi connectivity index (χ2v) is 6.83. The average molecular weight is 305 g/mol. The van der Waals surface area contributed by atoms with E-state index in [1.165, 1.54) is 19.3 Å². The summed E-state index contributed by atoms with van der Waals surface area (Å²) in [7, 11) is 0. The van der Waals surface area contributed by atoms with E-state index >= 15 is 0 Å². The first kappa shape index (κ1) is 13.4. The second-order valence-electron chi connectivity index (χ2n) is 5.88. The van der Waals surface area contributed by atoms with E-state index in [1.807, 2.05) is 17.5 Å². The fraction of sp³-hybridized carbons (Fsp3) is 0.600. The van der Waals surface area contributed by atoms with Crippen LogP contribution in [0.1, 0.15) is 25.1 Å². The Bertz CT molecular complexity index is 574. The normalized spacial score (nSPS) is 22.2. The topological polar surface area (TPSA) is 51.4 Å². The molecule has 0 bridgehead atoms. The van der Waals surface area contributed by atoms with Crippen LogP contribution in [-0.4, -0.2) is 40.8 Å². The van der Waals surface area contributed by atoms with Gasteiger partial charge >= 0.3 is 0 Å². The molecule has 4 rings (SSSR count). The third-order valence-electron chi connectivity index (χ3n) is 4.12. The Morgan fingerprint density at radius 2 is 2.29 bits per heavy atom. The lowest BCUT2D eigenvalue weighted by Gasteiger charge is -2.23. The number of rotatable bonds is 6. The van der Waals surface area contributed by atoms with Crippen molar-refractivity contribution in [3.8, 4) is 10.8 Å². The first-order valence-corrected chi connectivity index (χ1v) is 8.45. The van der Waals surface area contributed by atoms with Gasteiger partial charge < -0.3 is 9.26 Å². The molecule has 2 aromatic heterocycles. The number of thiophene rings is 1. The molecule has 2 fully saturated rings. The van der Waals surface area contributed by atoms with Gasteiger partial charge in [0.05, 0.1) is 18.0 Å². The Labute approximate surface area is 127 Å². The summed E-state index contributed by atoms with van der Waals surface area (Å²) in [6.07, 6.45) is 3.77. The van der Waals surface area contributed by atoms with Crippen LogP contribution in [-0.2, 0) is 11.3 Å². The first-order chi connectivity index (χ1) is 10.4. The lowest BCUT2D eigenvalue weighted by molar-refractivity contribution is 0.159. The maximum Gasteiger partial charge on any atom is 0.268 e. The van der Waals surface area contributed by atoms with Gasteiger partial charge in [0.25, 0.3) is 5.89 Å². The average Bonchev–Trinajstić information content (AvgIpc) is 2.93. The SMILES string of the molecule is c1csc(-c2nc(CN(C[C@H]3CCOC3)C3CC3)no2)c1. The third-order valence-corrected chi connectivity index (χ3v) is 4.98. The largest absolute Gasteiger partial charge is 0.381 e. The molecule has 2 aliphatic rings. The monoisotopic (exact) mass is 305 g/mol. The van der Waals surface area contributed by atoms with Gasteiger partial charge in [0.1, 0.15) is 0 Å². The van der Waals surface area contributed by atoms with Crippen molar-refractivity contribution in [1.29, 1.82) is 0 Å². The number of ether oxygens (including phenoxy) is 1. The maximum atomic E-state index is 5.49. The van der Waals surface area contributed by atoms with Gasteiger partial charge in [0.2, 0.25) is 0 Å². The van der Waals surface area contributed by atoms with E-state index in [1.54, 1.807) is 11.3 Å². The summed E-state index contributed by atoms with van der Waals surface area (Å²) < 4.78 is 10.9. The summed E-state index contributed by atoms with van der Waals surface area (Å²) in [4.78, 5) is 8.08. The Morgan fingerprint density at radius 1 is 1.33 bits per heavy atom. The van der Waals surface area contributed by atoms with E-state index in [-0.39, 0.29) is 0 Å². The molecular formula is C15H19N3O2S. The molecule has 1 saturated heterocycles. The molecule has 112 valence electrons. The van der Waals surface area contributed by atoms with Gasteiger partial charge in [-0.2, -0.15) is 4.98 Å². The zero-order chi connectivity index (χ0) is 14.1. The van der Waals surface area contributed by atoms with Crippen LogP contribution in [0.15, 0.2) is 22.0 Å². The van der Waals surface area contributed by atoms with E-state index in [4.69, 9.17) is 9.26 Å². The minimum atomic E-state index is 0.639. The number of hydrogen-bond acceptors (Lipinski definition) is 6. The molecule has 2 aromatic rings. The molecule has 0 radical (unpaired) electrons. The maximum absolute atomic E-state index is 5.49. The smallest absolute Gasteiger partial charge is 0.268 e. The Balaban J connectivity index is 1.43. The van der Waals surface area contributed by atoms with Crippen molar-refractivity contribution >= 4 is 11.3 Å². The number of nitrogens with zero attached hydrogens (tertiary/aromatic N) is 3. The highest BCUT2D eigenvalue weighted by molar-refractivity contribution is 7.13. The Morgan fingerprint density at radius 3 is 3.00 bits per heavy atom. The van der Waals surface area contributed by atoms with Gasteiger partial charge in [0.15, 0.2) is 5.82 Å². The van der Waals surface area contributed by atoms with Crippen LogP contribution in [0.3, 0.4) is 0 Å². The molecular weight excluding hydrogens is 286 g/mol. The molecule has 1 saturated carbocycles. The fourth-order valence-corrected chi connectivity index (χ4v) is 3.49. The summed E-state index contributed by atoms with van der Waals surface area (Å²) in [6.45, 7) is 3.69. The highest BCUT2D eigenvalue weighted by atomic mass is 32.1. The molecule has 0 spiro atoms. The first-order valence-electron chi connectivity index (χ1n) is 7.57. The van der Waals surface area contributed by atoms with E-state index in [9.17, 15) is 0 Å². The molecule has 21 heavy (non-hydrogen) atoms. The molecule has 3 heterocycles. The van der Waals surface area contributed by atoms with E-state index in [0.29, 0.717) is 17.9 Å². The van der Waals surface area contributed by atoms with Crippen LogP contribution in [0.25, 0.3) is 10.8 Å². The van der Waals surface area contributed by atoms with E-state index < -0.39 is 0 Å². The van der Waals surface area contributed by atoms with Crippen LogP contribution in [0.2, 0.25) is 0 Å². The second kappa shape index (κ2) is 5.87. The van der Waals surface area contributed by atoms with Crippen LogP contribution in [0.5, 0.6) is 0 Å². The number of hydrogen-bond donors (Lipinski definition) is 0. The molecule has 0 N–H and O–H groups in total. The number of aromatic nitrogens is 2. The van der Waals surface area contributed by atoms with Gasteiger partial charge in [0, 0.05) is 19.2 Å². The van der Waals surface area contributed by atoms with E-state index in [2.05, 4.69) is 15.0 Å². The van der Waals surface area contributed by atoms with Gasteiger partial charge in [-0.05, 0) is 36.6 Å². The Hall–Kier alpha value is -1.24. The predicted molar refractivity (Wildman–Crippen MR) is 80.0 cm³/mol. The van der Waals surface area contributed by atoms with Crippen LogP contribution < -0.4 is 0 Å². The van der Waals surface area contributed by atoms with Crippen molar-refractivity contribution in [2.75, 3.05) is 19.8 Å². The molecule has 1 aliphatic heterocycles. The molecule has 5 nitrogen and oxygen atoms in total. The summed E-state index contributed by atoms with van der Waals surface area (Å²) >= 11 is 1.63. The fourth-order valence-electron chi connectivity index (χ4n) is 2.84. The molecule has 1 aliphatic carbocycles. The molecule has 6 heteroatoms. The van der Waals surface area contributed by atoms with Gasteiger partial charge in [-0.3, -0.25) is 4.90 Å². The Kier molecular flexibility index (Phi) is 3.75. The van der Waals surface area contributed by atoms with Gasteiger partial charge in [-0.1, -0.05) is 11.2 Å². The minimum absolute atomic E-state index is 0.639. The van der Waals surface area contributed by atoms with Crippen LogP contribution >= 0.6 is 11.3 Å². The highest BCUT2D eigenvalue weighted by Gasteiger charge is 2.32. The molecule has 0 aromatic carbocycles. The summed E-state index contributed by atoms with van der Waals surface area (Å²) in [5.74, 6) is 2.10. The summed E-state index contributed by atoms with van der Waals surface area (Å²) in [6, 6.07) is 4.71. The standard InChI is InChI=1S/C15H19N3O2S/c1-2-13(21-7-1)15-16-14(17-20-15)9-18(12-3-4-12)8-11-5-6-19-10-11/h1-2,7,11-12H,3-6,8-10H2/t11-/m1/s1. The predicted octanol–water partition coefficient (Wildman–Crippen LogP) is 2.80. The lowest BCUT2D eigenvalue weighted by atomic mass is 10.1. The van der Waals surface area contributed by atoms with Crippen LogP contribution in [0.4, 0.5) is 0 Å². The highest BCUT2D eigenvalue weighted by Crippen LogP contribution is 2.30. The third kappa shape index (κ3) is 3.17. The summed E-state index contributed by atoms with van der Waals surface area (Å²) in [5, 5.41) is 6.17. The lowest BCUT2D eigenvalue weighted by Crippen LogP contribution is -2.31. The van der Waals surface area contributed by atoms with Crippen LogP contribution in [0, 0.1) is 5.92 Å². The van der Waals surface area contributed by atoms with Gasteiger partial charge in [-0.15, -0.1) is 11.3 Å². The van der Waals surface area contributed by atoms with E-state index in [0.717, 1.165) is 37.0 Å². The molecule has 0 unspecified atom stereocenters. The van der Waals surface area contributed by atoms with Crippen molar-refractivity contribution in [3.05, 3.63) is 23.3 Å². The quantitative estimate of drug-likeness (QED) is 0.821. The van der Waals surface area contributed by atoms with Gasteiger partial charge in [-0.25, -0.2) is 0 Å². The molecule has 0 amide bonds. The molecule has 1 atom stereocenters. The summed E-state index contributed by atoms with van der Waals surface area (Å²) in [5.41, 5.74) is 0. The zero-order valence-electron chi connectivity index (χ0n) is 11.9. The van der Waals surface area contributed by atoms with Crippen molar-refractivity contribution in [2.45, 2.75) is 31.8 Å². The van der Waals surface area contributed by atoms with Crippen molar-refractivity contribution in [3.63, 3.8) is 0 Å². The zero-order valence-corrected chi connectivity index (χ0v) is 12.7. The van der Waals surface area contributed by atoms with Crippen molar-refractivity contribution in [2.24, 2.45) is 5.92 Å². The minimum Gasteiger partial charge on any atom is -0.381 e. The van der Waals surface area contributed by atoms with Crippen molar-refractivity contribution < 1.29 is 9.26 Å².